The molecule has 0 fully saturated rings. The summed E-state index contributed by atoms with van der Waals surface area (Å²) in [7, 11) is 0. The lowest BCUT2D eigenvalue weighted by molar-refractivity contribution is -0.140. The number of allylic oxidation sites excluding steroid dienone is 1. The Kier molecular flexibility index (Phi) is 5.57. The van der Waals surface area contributed by atoms with E-state index in [2.05, 4.69) is 6.07 Å². The third-order valence-corrected chi connectivity index (χ3v) is 5.76. The maximum absolute atomic E-state index is 13.4. The lowest BCUT2D eigenvalue weighted by Gasteiger charge is -2.23. The van der Waals surface area contributed by atoms with E-state index >= 15 is 0 Å². The van der Waals surface area contributed by atoms with Crippen LogP contribution in [0.3, 0.4) is 0 Å². The van der Waals surface area contributed by atoms with Crippen molar-refractivity contribution in [2.24, 2.45) is 0 Å². The second-order valence-electron chi connectivity index (χ2n) is 8.09. The van der Waals surface area contributed by atoms with E-state index in [9.17, 15) is 14.7 Å². The van der Waals surface area contributed by atoms with Crippen molar-refractivity contribution in [1.82, 2.24) is 0 Å². The molecule has 0 aliphatic carbocycles. The molecule has 0 bridgehead atoms. The van der Waals surface area contributed by atoms with Crippen LogP contribution in [0.25, 0.3) is 6.08 Å². The Balaban J connectivity index is 1.61. The van der Waals surface area contributed by atoms with E-state index < -0.39 is 11.5 Å². The molecule has 1 aliphatic heterocycles. The lowest BCUT2D eigenvalue weighted by atomic mass is 9.89. The molecule has 156 valence electrons. The number of carbonyl (C=O) groups excluding carboxylic acids is 2. The number of fused-ring (bicyclic) bond motifs is 1. The molecule has 0 saturated heterocycles. The van der Waals surface area contributed by atoms with Crippen molar-refractivity contribution in [2.45, 2.75) is 32.4 Å². The Morgan fingerprint density at radius 2 is 1.71 bits per heavy atom. The van der Waals surface area contributed by atoms with Crippen LogP contribution >= 0.6 is 0 Å². The molecule has 1 aliphatic rings. The fraction of sp³-hybridized carbons (Fsp3) is 0.185. The van der Waals surface area contributed by atoms with Gasteiger partial charge in [0.2, 0.25) is 0 Å². The SMILES string of the molecule is Cc1ccc(CN2C(=O)[C@@](O)(CC(=O)/C=C/c3ccccc3)c3ccccc32)c(C)c1. The van der Waals surface area contributed by atoms with Crippen molar-refractivity contribution in [1.29, 1.82) is 0 Å². The Bertz CT molecular complexity index is 1170. The normalized spacial score (nSPS) is 17.9. The number of anilines is 1. The van der Waals surface area contributed by atoms with Crippen LogP contribution < -0.4 is 4.90 Å². The highest BCUT2D eigenvalue weighted by molar-refractivity contribution is 6.10. The molecule has 4 heteroatoms. The Morgan fingerprint density at radius 1 is 1.00 bits per heavy atom. The van der Waals surface area contributed by atoms with E-state index in [4.69, 9.17) is 0 Å². The summed E-state index contributed by atoms with van der Waals surface area (Å²) in [4.78, 5) is 27.6. The van der Waals surface area contributed by atoms with Gasteiger partial charge in [-0.2, -0.15) is 0 Å². The molecule has 4 rings (SSSR count). The van der Waals surface area contributed by atoms with Gasteiger partial charge in [-0.15, -0.1) is 0 Å². The number of benzene rings is 3. The molecular formula is C27H25NO3. The number of aryl methyl sites for hydroxylation is 2. The first-order valence-electron chi connectivity index (χ1n) is 10.3. The summed E-state index contributed by atoms with van der Waals surface area (Å²) >= 11 is 0. The van der Waals surface area contributed by atoms with E-state index in [1.807, 2.05) is 68.4 Å². The van der Waals surface area contributed by atoms with Gasteiger partial charge in [-0.1, -0.05) is 78.4 Å². The number of carbonyl (C=O) groups is 2. The van der Waals surface area contributed by atoms with Gasteiger partial charge in [-0.05, 0) is 42.7 Å². The summed E-state index contributed by atoms with van der Waals surface area (Å²) in [6.45, 7) is 4.39. The maximum Gasteiger partial charge on any atom is 0.264 e. The zero-order chi connectivity index (χ0) is 22.0. The highest BCUT2D eigenvalue weighted by Crippen LogP contribution is 2.43. The van der Waals surface area contributed by atoms with Gasteiger partial charge < -0.3 is 10.0 Å². The molecule has 4 nitrogen and oxygen atoms in total. The number of hydrogen-bond donors (Lipinski definition) is 1. The largest absolute Gasteiger partial charge is 0.375 e. The summed E-state index contributed by atoms with van der Waals surface area (Å²) < 4.78 is 0. The predicted octanol–water partition coefficient (Wildman–Crippen LogP) is 4.71. The number of aliphatic hydroxyl groups is 1. The van der Waals surface area contributed by atoms with E-state index in [0.717, 1.165) is 22.3 Å². The molecule has 3 aromatic rings. The first-order chi connectivity index (χ1) is 14.9. The molecule has 1 N–H and O–H groups in total. The van der Waals surface area contributed by atoms with Gasteiger partial charge in [-0.3, -0.25) is 9.59 Å². The van der Waals surface area contributed by atoms with E-state index in [1.54, 1.807) is 23.1 Å². The summed E-state index contributed by atoms with van der Waals surface area (Å²) in [5.41, 5.74) is 3.39. The second kappa shape index (κ2) is 8.32. The minimum Gasteiger partial charge on any atom is -0.375 e. The molecule has 1 heterocycles. The first-order valence-corrected chi connectivity index (χ1v) is 10.3. The van der Waals surface area contributed by atoms with Crippen LogP contribution in [0.1, 0.15) is 34.2 Å². The number of rotatable bonds is 6. The fourth-order valence-corrected chi connectivity index (χ4v) is 4.09. The predicted molar refractivity (Wildman–Crippen MR) is 123 cm³/mol. The van der Waals surface area contributed by atoms with Gasteiger partial charge in [0.1, 0.15) is 0 Å². The zero-order valence-corrected chi connectivity index (χ0v) is 17.7. The topological polar surface area (TPSA) is 57.6 Å². The van der Waals surface area contributed by atoms with Crippen molar-refractivity contribution in [3.8, 4) is 0 Å². The molecular weight excluding hydrogens is 386 g/mol. The lowest BCUT2D eigenvalue weighted by Crippen LogP contribution is -2.41. The number of ketones is 1. The van der Waals surface area contributed by atoms with Crippen LogP contribution in [-0.4, -0.2) is 16.8 Å². The molecule has 0 aromatic heterocycles. The standard InChI is InChI=1S/C27H25NO3/c1-19-12-14-22(20(2)16-19)18-28-25-11-7-6-10-24(25)27(31,26(28)30)17-23(29)15-13-21-8-4-3-5-9-21/h3-16,31H,17-18H2,1-2H3/b15-13+/t27-/m1/s1. The average molecular weight is 412 g/mol. The molecule has 3 aromatic carbocycles. The highest BCUT2D eigenvalue weighted by Gasteiger charge is 2.50. The zero-order valence-electron chi connectivity index (χ0n) is 17.7. The third-order valence-electron chi connectivity index (χ3n) is 5.76. The smallest absolute Gasteiger partial charge is 0.264 e. The van der Waals surface area contributed by atoms with Crippen LogP contribution in [0.5, 0.6) is 0 Å². The second-order valence-corrected chi connectivity index (χ2v) is 8.09. The molecule has 1 amide bonds. The van der Waals surface area contributed by atoms with Crippen molar-refractivity contribution in [2.75, 3.05) is 4.90 Å². The van der Waals surface area contributed by atoms with E-state index in [-0.39, 0.29) is 12.2 Å². The summed E-state index contributed by atoms with van der Waals surface area (Å²) in [6, 6.07) is 22.7. The van der Waals surface area contributed by atoms with Gasteiger partial charge in [-0.25, -0.2) is 0 Å². The van der Waals surface area contributed by atoms with Gasteiger partial charge in [0.25, 0.3) is 5.91 Å². The van der Waals surface area contributed by atoms with Crippen molar-refractivity contribution in [3.05, 3.63) is 107 Å². The Morgan fingerprint density at radius 3 is 2.45 bits per heavy atom. The van der Waals surface area contributed by atoms with Crippen LogP contribution in [0.15, 0.2) is 78.9 Å². The Hall–Kier alpha value is -3.50. The molecule has 1 atom stereocenters. The fourth-order valence-electron chi connectivity index (χ4n) is 4.09. The highest BCUT2D eigenvalue weighted by atomic mass is 16.3. The molecule has 0 saturated carbocycles. The molecule has 0 spiro atoms. The van der Waals surface area contributed by atoms with Crippen LogP contribution in [0, 0.1) is 13.8 Å². The van der Waals surface area contributed by atoms with E-state index in [1.165, 1.54) is 6.08 Å². The summed E-state index contributed by atoms with van der Waals surface area (Å²) in [5, 5.41) is 11.4. The van der Waals surface area contributed by atoms with Crippen molar-refractivity contribution >= 4 is 23.5 Å². The monoisotopic (exact) mass is 411 g/mol. The van der Waals surface area contributed by atoms with Gasteiger partial charge >= 0.3 is 0 Å². The minimum absolute atomic E-state index is 0.296. The number of amides is 1. The number of nitrogens with zero attached hydrogens (tertiary/aromatic N) is 1. The summed E-state index contributed by atoms with van der Waals surface area (Å²) in [6.07, 6.45) is 2.83. The first kappa shape index (κ1) is 20.8. The molecule has 0 radical (unpaired) electrons. The quantitative estimate of drug-likeness (QED) is 0.598. The van der Waals surface area contributed by atoms with Crippen molar-refractivity contribution in [3.63, 3.8) is 0 Å². The van der Waals surface area contributed by atoms with Crippen LogP contribution in [0.2, 0.25) is 0 Å². The number of hydrogen-bond acceptors (Lipinski definition) is 3. The van der Waals surface area contributed by atoms with Crippen LogP contribution in [0.4, 0.5) is 5.69 Å². The van der Waals surface area contributed by atoms with Crippen molar-refractivity contribution < 1.29 is 14.7 Å². The van der Waals surface area contributed by atoms with Gasteiger partial charge in [0.15, 0.2) is 11.4 Å². The van der Waals surface area contributed by atoms with E-state index in [0.29, 0.717) is 17.8 Å². The van der Waals surface area contributed by atoms with Gasteiger partial charge in [0, 0.05) is 5.56 Å². The minimum atomic E-state index is -1.87. The average Bonchev–Trinajstić information content (AvgIpc) is 2.97. The van der Waals surface area contributed by atoms with Gasteiger partial charge in [0.05, 0.1) is 18.7 Å². The van der Waals surface area contributed by atoms with Crippen LogP contribution in [-0.2, 0) is 21.7 Å². The molecule has 0 unspecified atom stereocenters. The molecule has 31 heavy (non-hydrogen) atoms. The Labute approximate surface area is 182 Å². The third kappa shape index (κ3) is 4.07. The maximum atomic E-state index is 13.4. The number of para-hydroxylation sites is 1. The summed E-state index contributed by atoms with van der Waals surface area (Å²) in [5.74, 6) is -0.766.